The molecule has 1 N–H and O–H groups in total. The van der Waals surface area contributed by atoms with Crippen molar-refractivity contribution in [3.63, 3.8) is 0 Å². The molecule has 2 amide bonds. The Morgan fingerprint density at radius 2 is 1.79 bits per heavy atom. The van der Waals surface area contributed by atoms with Crippen LogP contribution in [0.25, 0.3) is 0 Å². The van der Waals surface area contributed by atoms with Gasteiger partial charge in [-0.1, -0.05) is 19.9 Å². The maximum Gasteiger partial charge on any atom is 0.320 e. The first-order valence-corrected chi connectivity index (χ1v) is 16.2. The van der Waals surface area contributed by atoms with Crippen LogP contribution in [0, 0.1) is 12.8 Å². The number of rotatable bonds is 11. The summed E-state index contributed by atoms with van der Waals surface area (Å²) in [7, 11) is 0. The normalized spacial score (nSPS) is 21.0. The number of nitrogens with zero attached hydrogens (tertiary/aromatic N) is 4. The number of hydrogen-bond acceptors (Lipinski definition) is 7. The zero-order valence-electron chi connectivity index (χ0n) is 25.0. The Bertz CT molecular complexity index is 1210. The Balaban J connectivity index is 1.14. The third-order valence-electron chi connectivity index (χ3n) is 8.57. The Hall–Kier alpha value is -2.82. The summed E-state index contributed by atoms with van der Waals surface area (Å²) in [5.74, 6) is 0.964. The fourth-order valence-corrected chi connectivity index (χ4v) is 7.06. The van der Waals surface area contributed by atoms with Gasteiger partial charge in [-0.05, 0) is 74.8 Å². The van der Waals surface area contributed by atoms with E-state index in [1.165, 1.54) is 17.3 Å². The molecule has 3 aliphatic heterocycles. The highest BCUT2D eigenvalue weighted by molar-refractivity contribution is 8.00. The molecule has 3 saturated heterocycles. The number of aryl methyl sites for hydroxylation is 1. The average Bonchev–Trinajstić information content (AvgIpc) is 3.29. The molecule has 228 valence electrons. The summed E-state index contributed by atoms with van der Waals surface area (Å²) in [5.41, 5.74) is 2.13. The van der Waals surface area contributed by atoms with Crippen LogP contribution in [0.2, 0.25) is 0 Å². The molecule has 5 rings (SSSR count). The predicted octanol–water partition coefficient (Wildman–Crippen LogP) is 5.65. The maximum atomic E-state index is 13.7. The summed E-state index contributed by atoms with van der Waals surface area (Å²) in [5, 5.41) is 8.85. The van der Waals surface area contributed by atoms with E-state index in [2.05, 4.69) is 34.6 Å². The molecule has 2 aromatic rings. The second-order valence-electron chi connectivity index (χ2n) is 12.1. The number of pyridine rings is 1. The van der Waals surface area contributed by atoms with Gasteiger partial charge >= 0.3 is 12.0 Å². The number of amides is 2. The largest absolute Gasteiger partial charge is 0.481 e. The highest BCUT2D eigenvalue weighted by Gasteiger charge is 2.44. The molecule has 3 fully saturated rings. The van der Waals surface area contributed by atoms with Crippen molar-refractivity contribution in [3.05, 3.63) is 47.7 Å². The van der Waals surface area contributed by atoms with Crippen LogP contribution in [0.1, 0.15) is 57.2 Å². The molecular weight excluding hydrogens is 552 g/mol. The SMILES string of the molecule is Cc1nc(Oc2ccc(SCC(=O)O)cc2)ccc1CN1CCC(N2C(=O)N(C3CCOCC3)C[C@H]2CC(C)C)CC1. The number of piperidine rings is 1. The number of carboxylic acid groups (broad SMARTS) is 1. The second-order valence-corrected chi connectivity index (χ2v) is 13.2. The van der Waals surface area contributed by atoms with Crippen molar-refractivity contribution in [1.29, 1.82) is 0 Å². The topological polar surface area (TPSA) is 95.4 Å². The Morgan fingerprint density at radius 1 is 1.07 bits per heavy atom. The zero-order chi connectivity index (χ0) is 29.6. The average molecular weight is 597 g/mol. The maximum absolute atomic E-state index is 13.7. The first kappa shape index (κ1) is 30.6. The van der Waals surface area contributed by atoms with Crippen LogP contribution in [0.3, 0.4) is 0 Å². The standard InChI is InChI=1S/C32H44N4O5S/c1-22(2)18-27-20-35(25-12-16-40-17-13-25)32(39)36(27)26-10-14-34(15-11-26)19-24-4-9-30(33-23(24)3)41-28-5-7-29(8-6-28)42-21-31(37)38/h4-9,22,25-27H,10-21H2,1-3H3,(H,37,38)/t27-/m1/s1. The van der Waals surface area contributed by atoms with Crippen LogP contribution < -0.4 is 4.74 Å². The molecule has 42 heavy (non-hydrogen) atoms. The number of benzene rings is 1. The highest BCUT2D eigenvalue weighted by Crippen LogP contribution is 2.32. The van der Waals surface area contributed by atoms with E-state index in [1.54, 1.807) is 0 Å². The first-order chi connectivity index (χ1) is 20.3. The van der Waals surface area contributed by atoms with E-state index in [4.69, 9.17) is 19.6 Å². The third kappa shape index (κ3) is 7.76. The van der Waals surface area contributed by atoms with E-state index in [1.807, 2.05) is 37.3 Å². The van der Waals surface area contributed by atoms with Crippen LogP contribution in [-0.2, 0) is 16.1 Å². The van der Waals surface area contributed by atoms with Crippen LogP contribution >= 0.6 is 11.8 Å². The van der Waals surface area contributed by atoms with Gasteiger partial charge in [0.25, 0.3) is 0 Å². The van der Waals surface area contributed by atoms with Gasteiger partial charge in [0.1, 0.15) is 5.75 Å². The van der Waals surface area contributed by atoms with Gasteiger partial charge in [-0.3, -0.25) is 9.69 Å². The second kappa shape index (κ2) is 14.1. The lowest BCUT2D eigenvalue weighted by atomic mass is 9.97. The molecule has 0 radical (unpaired) electrons. The first-order valence-electron chi connectivity index (χ1n) is 15.2. The Morgan fingerprint density at radius 3 is 2.43 bits per heavy atom. The lowest BCUT2D eigenvalue weighted by molar-refractivity contribution is -0.133. The zero-order valence-corrected chi connectivity index (χ0v) is 25.9. The summed E-state index contributed by atoms with van der Waals surface area (Å²) < 4.78 is 11.5. The quantitative estimate of drug-likeness (QED) is 0.333. The molecular formula is C32H44N4O5S. The molecule has 0 aliphatic carbocycles. The van der Waals surface area contributed by atoms with E-state index >= 15 is 0 Å². The minimum absolute atomic E-state index is 0.0321. The van der Waals surface area contributed by atoms with Crippen LogP contribution in [0.4, 0.5) is 4.79 Å². The number of aromatic nitrogens is 1. The summed E-state index contributed by atoms with van der Waals surface area (Å²) in [6.45, 7) is 11.7. The van der Waals surface area contributed by atoms with Crippen molar-refractivity contribution in [3.8, 4) is 11.6 Å². The fraction of sp³-hybridized carbons (Fsp3) is 0.594. The van der Waals surface area contributed by atoms with Gasteiger partial charge in [0.2, 0.25) is 5.88 Å². The van der Waals surface area contributed by atoms with Gasteiger partial charge in [-0.2, -0.15) is 0 Å². The molecule has 10 heteroatoms. The van der Waals surface area contributed by atoms with Crippen molar-refractivity contribution in [2.24, 2.45) is 5.92 Å². The molecule has 1 aromatic heterocycles. The third-order valence-corrected chi connectivity index (χ3v) is 9.56. The molecule has 0 bridgehead atoms. The summed E-state index contributed by atoms with van der Waals surface area (Å²) in [6.07, 6.45) is 4.94. The summed E-state index contributed by atoms with van der Waals surface area (Å²) >= 11 is 1.28. The van der Waals surface area contributed by atoms with Gasteiger partial charge in [-0.25, -0.2) is 9.78 Å². The number of urea groups is 1. The number of aliphatic carboxylic acids is 1. The summed E-state index contributed by atoms with van der Waals surface area (Å²) in [6, 6.07) is 12.5. The van der Waals surface area contributed by atoms with Crippen molar-refractivity contribution < 1.29 is 24.2 Å². The van der Waals surface area contributed by atoms with Crippen molar-refractivity contribution in [2.75, 3.05) is 38.6 Å². The summed E-state index contributed by atoms with van der Waals surface area (Å²) in [4.78, 5) is 36.9. The number of carboxylic acids is 1. The Kier molecular flexibility index (Phi) is 10.3. The van der Waals surface area contributed by atoms with Gasteiger partial charge < -0.3 is 24.4 Å². The minimum atomic E-state index is -0.834. The molecule has 9 nitrogen and oxygen atoms in total. The van der Waals surface area contributed by atoms with Gasteiger partial charge in [0.15, 0.2) is 0 Å². The predicted molar refractivity (Wildman–Crippen MR) is 163 cm³/mol. The molecule has 0 saturated carbocycles. The van der Waals surface area contributed by atoms with Crippen molar-refractivity contribution in [1.82, 2.24) is 19.7 Å². The molecule has 1 aromatic carbocycles. The van der Waals surface area contributed by atoms with Gasteiger partial charge in [0.05, 0.1) is 11.8 Å². The molecule has 0 spiro atoms. The fourth-order valence-electron chi connectivity index (χ4n) is 6.44. The monoisotopic (exact) mass is 596 g/mol. The van der Waals surface area contributed by atoms with Crippen molar-refractivity contribution >= 4 is 23.8 Å². The Labute approximate surface area is 253 Å². The van der Waals surface area contributed by atoms with E-state index in [9.17, 15) is 9.59 Å². The van der Waals surface area contributed by atoms with Gasteiger partial charge in [-0.15, -0.1) is 11.8 Å². The number of carbonyl (C=O) groups excluding carboxylic acids is 1. The number of ether oxygens (including phenoxy) is 2. The number of hydrogen-bond donors (Lipinski definition) is 1. The highest BCUT2D eigenvalue weighted by atomic mass is 32.2. The van der Waals surface area contributed by atoms with E-state index in [-0.39, 0.29) is 11.8 Å². The number of likely N-dealkylation sites (tertiary alicyclic amines) is 1. The van der Waals surface area contributed by atoms with E-state index < -0.39 is 5.97 Å². The lowest BCUT2D eigenvalue weighted by Gasteiger charge is -2.39. The smallest absolute Gasteiger partial charge is 0.320 e. The molecule has 0 unspecified atom stereocenters. The van der Waals surface area contributed by atoms with Crippen molar-refractivity contribution in [2.45, 2.75) is 82.4 Å². The molecule has 1 atom stereocenters. The van der Waals surface area contributed by atoms with Gasteiger partial charge in [0, 0.05) is 68.1 Å². The van der Waals surface area contributed by atoms with E-state index in [0.717, 1.165) is 82.1 Å². The van der Waals surface area contributed by atoms with Crippen LogP contribution in [0.15, 0.2) is 41.3 Å². The van der Waals surface area contributed by atoms with Crippen LogP contribution in [0.5, 0.6) is 11.6 Å². The molecule has 3 aliphatic rings. The lowest BCUT2D eigenvalue weighted by Crippen LogP contribution is -2.50. The van der Waals surface area contributed by atoms with E-state index in [0.29, 0.717) is 35.7 Å². The number of thioether (sulfide) groups is 1. The van der Waals surface area contributed by atoms with Crippen LogP contribution in [-0.4, -0.2) is 93.5 Å². The molecule has 4 heterocycles. The number of carbonyl (C=O) groups is 2. The minimum Gasteiger partial charge on any atom is -0.481 e.